The van der Waals surface area contributed by atoms with Gasteiger partial charge in [-0.1, -0.05) is 12.1 Å². The fourth-order valence-corrected chi connectivity index (χ4v) is 2.70. The van der Waals surface area contributed by atoms with Gasteiger partial charge in [0.1, 0.15) is 12.4 Å². The molecule has 2 aromatic rings. The Labute approximate surface area is 164 Å². The SMILES string of the molecule is O=C(CCC(=O)N1CCOc2ccccc21)Nc1ccc(OCC(F)(F)F)nc1. The highest BCUT2D eigenvalue weighted by Gasteiger charge is 2.28. The highest BCUT2D eigenvalue weighted by Crippen LogP contribution is 2.31. The van der Waals surface area contributed by atoms with Crippen molar-refractivity contribution in [2.24, 2.45) is 0 Å². The number of pyridine rings is 1. The average molecular weight is 409 g/mol. The zero-order valence-corrected chi connectivity index (χ0v) is 15.2. The Kier molecular flexibility index (Phi) is 6.20. The number of hydrogen-bond acceptors (Lipinski definition) is 5. The number of alkyl halides is 3. The van der Waals surface area contributed by atoms with Gasteiger partial charge < -0.3 is 19.7 Å². The molecule has 1 aliphatic heterocycles. The molecular formula is C19H18F3N3O4. The lowest BCUT2D eigenvalue weighted by molar-refractivity contribution is -0.154. The number of rotatable bonds is 6. The van der Waals surface area contributed by atoms with Crippen LogP contribution in [0.4, 0.5) is 24.5 Å². The first kappa shape index (κ1) is 20.4. The summed E-state index contributed by atoms with van der Waals surface area (Å²) in [4.78, 5) is 29.8. The third-order valence-corrected chi connectivity index (χ3v) is 4.00. The summed E-state index contributed by atoms with van der Waals surface area (Å²) >= 11 is 0. The van der Waals surface area contributed by atoms with Gasteiger partial charge in [0.2, 0.25) is 17.7 Å². The molecule has 1 aromatic carbocycles. The van der Waals surface area contributed by atoms with Crippen molar-refractivity contribution in [1.29, 1.82) is 0 Å². The van der Waals surface area contributed by atoms with Crippen LogP contribution in [-0.2, 0) is 9.59 Å². The van der Waals surface area contributed by atoms with E-state index in [4.69, 9.17) is 4.74 Å². The molecular weight excluding hydrogens is 391 g/mol. The van der Waals surface area contributed by atoms with Gasteiger partial charge in [0.05, 0.1) is 24.1 Å². The summed E-state index contributed by atoms with van der Waals surface area (Å²) in [5.41, 5.74) is 0.960. The molecule has 2 heterocycles. The second-order valence-electron chi connectivity index (χ2n) is 6.20. The summed E-state index contributed by atoms with van der Waals surface area (Å²) in [6.07, 6.45) is -3.32. The van der Waals surface area contributed by atoms with Gasteiger partial charge in [-0.05, 0) is 18.2 Å². The number of carbonyl (C=O) groups excluding carboxylic acids is 2. The number of carbonyl (C=O) groups is 2. The molecule has 1 N–H and O–H groups in total. The van der Waals surface area contributed by atoms with E-state index in [1.807, 2.05) is 6.07 Å². The number of ether oxygens (including phenoxy) is 2. The molecule has 0 radical (unpaired) electrons. The first-order chi connectivity index (χ1) is 13.8. The van der Waals surface area contributed by atoms with E-state index in [2.05, 4.69) is 15.0 Å². The number of amides is 2. The molecule has 7 nitrogen and oxygen atoms in total. The number of benzene rings is 1. The highest BCUT2D eigenvalue weighted by molar-refractivity contribution is 5.99. The standard InChI is InChI=1S/C19H18F3N3O4/c20-19(21,22)12-29-17-7-5-13(11-23-17)24-16(26)6-8-18(27)25-9-10-28-15-4-2-1-3-14(15)25/h1-5,7,11H,6,8-10,12H2,(H,24,26). The maximum atomic E-state index is 12.5. The lowest BCUT2D eigenvalue weighted by Crippen LogP contribution is -2.38. The van der Waals surface area contributed by atoms with E-state index in [-0.39, 0.29) is 24.6 Å². The van der Waals surface area contributed by atoms with Gasteiger partial charge in [-0.15, -0.1) is 0 Å². The smallest absolute Gasteiger partial charge is 0.422 e. The molecule has 2 amide bonds. The molecule has 1 aromatic heterocycles. The second-order valence-corrected chi connectivity index (χ2v) is 6.20. The number of aromatic nitrogens is 1. The zero-order valence-electron chi connectivity index (χ0n) is 15.2. The van der Waals surface area contributed by atoms with Gasteiger partial charge in [0.15, 0.2) is 6.61 Å². The number of fused-ring (bicyclic) bond motifs is 1. The van der Waals surface area contributed by atoms with Gasteiger partial charge in [-0.2, -0.15) is 13.2 Å². The van der Waals surface area contributed by atoms with Gasteiger partial charge in [-0.3, -0.25) is 9.59 Å². The van der Waals surface area contributed by atoms with Gasteiger partial charge in [0.25, 0.3) is 0 Å². The van der Waals surface area contributed by atoms with E-state index in [0.29, 0.717) is 30.3 Å². The molecule has 29 heavy (non-hydrogen) atoms. The summed E-state index contributed by atoms with van der Waals surface area (Å²) in [5, 5.41) is 2.54. The number of para-hydroxylation sites is 2. The van der Waals surface area contributed by atoms with E-state index < -0.39 is 18.7 Å². The monoisotopic (exact) mass is 409 g/mol. The molecule has 1 aliphatic rings. The summed E-state index contributed by atoms with van der Waals surface area (Å²) in [5.74, 6) is -0.201. The molecule has 0 spiro atoms. The van der Waals surface area contributed by atoms with Crippen molar-refractivity contribution in [3.8, 4) is 11.6 Å². The Morgan fingerprint density at radius 1 is 1.17 bits per heavy atom. The molecule has 0 unspecified atom stereocenters. The van der Waals surface area contributed by atoms with Crippen LogP contribution in [0.2, 0.25) is 0 Å². The van der Waals surface area contributed by atoms with Crippen LogP contribution in [0.5, 0.6) is 11.6 Å². The van der Waals surface area contributed by atoms with Crippen LogP contribution in [0.25, 0.3) is 0 Å². The second kappa shape index (κ2) is 8.80. The summed E-state index contributed by atoms with van der Waals surface area (Å²) < 4.78 is 46.3. The van der Waals surface area contributed by atoms with Crippen LogP contribution in [0.15, 0.2) is 42.6 Å². The van der Waals surface area contributed by atoms with Crippen LogP contribution < -0.4 is 19.7 Å². The third kappa shape index (κ3) is 5.84. The van der Waals surface area contributed by atoms with Gasteiger partial charge in [-0.25, -0.2) is 4.98 Å². The quantitative estimate of drug-likeness (QED) is 0.793. The minimum absolute atomic E-state index is 0.000371. The molecule has 3 rings (SSSR count). The van der Waals surface area contributed by atoms with Crippen molar-refractivity contribution in [2.75, 3.05) is 30.0 Å². The normalized spacial score (nSPS) is 13.3. The molecule has 154 valence electrons. The van der Waals surface area contributed by atoms with Crippen LogP contribution in [-0.4, -0.2) is 42.7 Å². The van der Waals surface area contributed by atoms with Crippen molar-refractivity contribution in [1.82, 2.24) is 4.98 Å². The summed E-state index contributed by atoms with van der Waals surface area (Å²) in [7, 11) is 0. The maximum Gasteiger partial charge on any atom is 0.422 e. The maximum absolute atomic E-state index is 12.5. The molecule has 10 heteroatoms. The van der Waals surface area contributed by atoms with E-state index in [0.717, 1.165) is 0 Å². The zero-order chi connectivity index (χ0) is 20.9. The van der Waals surface area contributed by atoms with Crippen molar-refractivity contribution in [2.45, 2.75) is 19.0 Å². The number of hydrogen-bond donors (Lipinski definition) is 1. The predicted molar refractivity (Wildman–Crippen MR) is 97.9 cm³/mol. The Morgan fingerprint density at radius 3 is 2.69 bits per heavy atom. The Bertz CT molecular complexity index is 872. The molecule has 0 saturated heterocycles. The van der Waals surface area contributed by atoms with E-state index in [1.54, 1.807) is 23.1 Å². The van der Waals surface area contributed by atoms with E-state index >= 15 is 0 Å². The van der Waals surface area contributed by atoms with Crippen molar-refractivity contribution in [3.63, 3.8) is 0 Å². The Hall–Kier alpha value is -3.30. The molecule has 0 saturated carbocycles. The first-order valence-electron chi connectivity index (χ1n) is 8.79. The van der Waals surface area contributed by atoms with E-state index in [9.17, 15) is 22.8 Å². The number of nitrogens with zero attached hydrogens (tertiary/aromatic N) is 2. The lowest BCUT2D eigenvalue weighted by Gasteiger charge is -2.29. The van der Waals surface area contributed by atoms with Gasteiger partial charge in [0, 0.05) is 18.9 Å². The minimum Gasteiger partial charge on any atom is -0.490 e. The number of halogens is 3. The van der Waals surface area contributed by atoms with Crippen LogP contribution in [0.3, 0.4) is 0 Å². The minimum atomic E-state index is -4.46. The number of anilines is 2. The van der Waals surface area contributed by atoms with Crippen molar-refractivity contribution in [3.05, 3.63) is 42.6 Å². The molecule has 0 aliphatic carbocycles. The van der Waals surface area contributed by atoms with Crippen LogP contribution in [0, 0.1) is 0 Å². The summed E-state index contributed by atoms with van der Waals surface area (Å²) in [6.45, 7) is -0.664. The fraction of sp³-hybridized carbons (Fsp3) is 0.316. The molecule has 0 bridgehead atoms. The third-order valence-electron chi connectivity index (χ3n) is 4.00. The predicted octanol–water partition coefficient (Wildman–Crippen LogP) is 3.17. The van der Waals surface area contributed by atoms with Crippen LogP contribution in [0.1, 0.15) is 12.8 Å². The van der Waals surface area contributed by atoms with E-state index in [1.165, 1.54) is 18.3 Å². The molecule has 0 atom stereocenters. The summed E-state index contributed by atoms with van der Waals surface area (Å²) in [6, 6.07) is 9.76. The number of nitrogens with one attached hydrogen (secondary N) is 1. The lowest BCUT2D eigenvalue weighted by atomic mass is 10.2. The Balaban J connectivity index is 1.48. The van der Waals surface area contributed by atoms with Crippen molar-refractivity contribution < 1.29 is 32.2 Å². The van der Waals surface area contributed by atoms with Gasteiger partial charge >= 0.3 is 6.18 Å². The fourth-order valence-electron chi connectivity index (χ4n) is 2.70. The first-order valence-corrected chi connectivity index (χ1v) is 8.79. The van der Waals surface area contributed by atoms with Crippen LogP contribution >= 0.6 is 0 Å². The molecule has 0 fully saturated rings. The average Bonchev–Trinajstić information content (AvgIpc) is 2.70. The Morgan fingerprint density at radius 2 is 1.97 bits per heavy atom. The van der Waals surface area contributed by atoms with Crippen molar-refractivity contribution >= 4 is 23.2 Å². The largest absolute Gasteiger partial charge is 0.490 e. The highest BCUT2D eigenvalue weighted by atomic mass is 19.4. The topological polar surface area (TPSA) is 80.8 Å².